The van der Waals surface area contributed by atoms with Crippen LogP contribution in [0.25, 0.3) is 0 Å². The van der Waals surface area contributed by atoms with Crippen molar-refractivity contribution in [3.63, 3.8) is 0 Å². The summed E-state index contributed by atoms with van der Waals surface area (Å²) < 4.78 is 0. The lowest BCUT2D eigenvalue weighted by atomic mass is 10.0. The number of nitrogens with one attached hydrogen (secondary N) is 8. The van der Waals surface area contributed by atoms with E-state index >= 15 is 0 Å². The second kappa shape index (κ2) is 29.5. The maximum atomic E-state index is 14.4. The summed E-state index contributed by atoms with van der Waals surface area (Å²) in [5.41, 5.74) is 0.821. The molecule has 25 heteroatoms. The molecule has 0 aromatic heterocycles. The summed E-state index contributed by atoms with van der Waals surface area (Å²) in [6.45, 7) is 9.74. The first kappa shape index (κ1) is 61.0. The number of aliphatic carboxylic acids is 1. The molecular formula is C50H71N9O14S2. The van der Waals surface area contributed by atoms with E-state index in [0.717, 1.165) is 21.6 Å². The number of carboxylic acid groups (broad SMARTS) is 1. The van der Waals surface area contributed by atoms with Crippen molar-refractivity contribution in [3.05, 3.63) is 59.7 Å². The number of amides is 9. The van der Waals surface area contributed by atoms with Crippen LogP contribution in [0.2, 0.25) is 0 Å². The number of hydrogen-bond donors (Lipinski definition) is 12. The van der Waals surface area contributed by atoms with Gasteiger partial charge < -0.3 is 67.9 Å². The third-order valence-electron chi connectivity index (χ3n) is 12.4. The summed E-state index contributed by atoms with van der Waals surface area (Å²) in [4.78, 5) is 139. The molecule has 0 bridgehead atoms. The van der Waals surface area contributed by atoms with Crippen molar-refractivity contribution in [1.29, 1.82) is 0 Å². The summed E-state index contributed by atoms with van der Waals surface area (Å²) in [5.74, 6) is -9.37. The molecule has 412 valence electrons. The standard InChI is InChI=1S/C50H71N9O14S2/c1-7-27(4)43(66)56-37(19-26(2)3)50(73)59-18-8-9-39(59)48(71)57-38-25-75-74-24-28(5)52-49(72)42(29(6)60)58-40(63)23-51-44(67)34(20-30-10-14-32(61)15-11-30)53-45(68)35(21-31-12-16-33(62)17-13-31)54-46(69)36(22-41(64)65)55-47(38)70/h10-17,26-29,34-39,42,60-62H,7-9,18-25H2,1-6H3,(H,51,67)(H,52,72)(H,53,68)(H,54,69)(H,55,70)(H,56,66)(H,57,71)(H,58,63)(H,64,65)/t27?,28-,29?,34+,35+,36+,37+,38+,39+,42+/m1/s1. The van der Waals surface area contributed by atoms with E-state index in [1.807, 2.05) is 20.8 Å². The van der Waals surface area contributed by atoms with E-state index < -0.39 is 121 Å². The molecule has 0 saturated carbocycles. The Morgan fingerprint density at radius 1 is 0.733 bits per heavy atom. The van der Waals surface area contributed by atoms with Crippen LogP contribution in [0.15, 0.2) is 48.5 Å². The zero-order valence-corrected chi connectivity index (χ0v) is 44.5. The second-order valence-corrected chi connectivity index (χ2v) is 21.8. The lowest BCUT2D eigenvalue weighted by molar-refractivity contribution is -0.143. The van der Waals surface area contributed by atoms with Crippen molar-refractivity contribution >= 4 is 80.7 Å². The number of aliphatic hydroxyl groups is 1. The lowest BCUT2D eigenvalue weighted by Gasteiger charge is -2.31. The van der Waals surface area contributed by atoms with Crippen LogP contribution in [0.1, 0.15) is 84.8 Å². The van der Waals surface area contributed by atoms with E-state index in [1.165, 1.54) is 60.4 Å². The fourth-order valence-corrected chi connectivity index (χ4v) is 10.5. The predicted octanol–water partition coefficient (Wildman–Crippen LogP) is -0.254. The van der Waals surface area contributed by atoms with E-state index in [-0.39, 0.29) is 73.0 Å². The van der Waals surface area contributed by atoms with Crippen LogP contribution < -0.4 is 42.5 Å². The van der Waals surface area contributed by atoms with Gasteiger partial charge in [-0.3, -0.25) is 47.9 Å². The van der Waals surface area contributed by atoms with Gasteiger partial charge in [-0.1, -0.05) is 73.5 Å². The van der Waals surface area contributed by atoms with Crippen molar-refractivity contribution < 1.29 is 68.4 Å². The highest BCUT2D eigenvalue weighted by atomic mass is 33.1. The number of likely N-dealkylation sites (tertiary alicyclic amines) is 1. The minimum atomic E-state index is -1.87. The SMILES string of the molecule is CCC(C)C(=O)N[C@@H](CC(C)C)C(=O)N1CCC[C@H]1C(=O)N[C@H]1CSSC[C@@H](C)NC(=O)[C@H](C(C)O)NC(=O)CNC(=O)[C@H](Cc2ccc(O)cc2)NC(=O)[C@H](Cc2ccc(O)cc2)NC(=O)[C@H](CC(=O)O)NC1=O. The van der Waals surface area contributed by atoms with Gasteiger partial charge in [-0.2, -0.15) is 0 Å². The summed E-state index contributed by atoms with van der Waals surface area (Å²) in [5, 5.41) is 61.0. The second-order valence-electron chi connectivity index (χ2n) is 19.3. The largest absolute Gasteiger partial charge is 0.508 e. The van der Waals surface area contributed by atoms with Gasteiger partial charge in [0, 0.05) is 42.9 Å². The van der Waals surface area contributed by atoms with Gasteiger partial charge in [0.1, 0.15) is 53.8 Å². The number of rotatable bonds is 15. The third kappa shape index (κ3) is 19.6. The molecule has 23 nitrogen and oxygen atoms in total. The molecule has 0 aliphatic carbocycles. The third-order valence-corrected chi connectivity index (χ3v) is 15.0. The fourth-order valence-electron chi connectivity index (χ4n) is 8.06. The molecule has 2 unspecified atom stereocenters. The number of nitrogens with zero attached hydrogens (tertiary/aromatic N) is 1. The normalized spacial score (nSPS) is 24.2. The van der Waals surface area contributed by atoms with Crippen LogP contribution in [0, 0.1) is 11.8 Å². The Balaban J connectivity index is 1.72. The average molecular weight is 1090 g/mol. The number of benzene rings is 2. The molecule has 75 heavy (non-hydrogen) atoms. The van der Waals surface area contributed by atoms with Crippen molar-refractivity contribution in [3.8, 4) is 11.5 Å². The van der Waals surface area contributed by atoms with Crippen LogP contribution in [0.5, 0.6) is 11.5 Å². The number of carbonyl (C=O) groups excluding carboxylic acids is 9. The molecule has 2 heterocycles. The topological polar surface area (TPSA) is 351 Å². The Morgan fingerprint density at radius 3 is 1.83 bits per heavy atom. The Hall–Kier alpha value is -6.60. The van der Waals surface area contributed by atoms with Crippen LogP contribution in [-0.2, 0) is 60.8 Å². The molecule has 2 aromatic rings. The summed E-state index contributed by atoms with van der Waals surface area (Å²) in [7, 11) is 2.23. The first-order valence-corrected chi connectivity index (χ1v) is 27.3. The molecule has 2 aromatic carbocycles. The minimum absolute atomic E-state index is 0.0102. The molecule has 10 atom stereocenters. The average Bonchev–Trinajstić information content (AvgIpc) is 3.85. The molecule has 2 fully saturated rings. The highest BCUT2D eigenvalue weighted by Crippen LogP contribution is 2.25. The van der Waals surface area contributed by atoms with Gasteiger partial charge in [-0.05, 0) is 80.8 Å². The first-order chi connectivity index (χ1) is 35.4. The maximum Gasteiger partial charge on any atom is 0.305 e. The quantitative estimate of drug-likeness (QED) is 0.102. The Morgan fingerprint density at radius 2 is 1.28 bits per heavy atom. The molecule has 2 aliphatic heterocycles. The molecule has 2 aliphatic rings. The predicted molar refractivity (Wildman–Crippen MR) is 278 cm³/mol. The van der Waals surface area contributed by atoms with Gasteiger partial charge >= 0.3 is 5.97 Å². The zero-order chi connectivity index (χ0) is 55.5. The Bertz CT molecular complexity index is 2340. The summed E-state index contributed by atoms with van der Waals surface area (Å²) in [6, 6.07) is 0.643. The molecule has 2 saturated heterocycles. The summed E-state index contributed by atoms with van der Waals surface area (Å²) >= 11 is 0. The van der Waals surface area contributed by atoms with Gasteiger partial charge in [0.2, 0.25) is 53.2 Å². The van der Waals surface area contributed by atoms with Crippen molar-refractivity contribution in [1.82, 2.24) is 47.4 Å². The van der Waals surface area contributed by atoms with Crippen LogP contribution in [0.4, 0.5) is 0 Å². The Labute approximate surface area is 443 Å². The fraction of sp³-hybridized carbons (Fsp3) is 0.560. The first-order valence-electron chi connectivity index (χ1n) is 24.9. The highest BCUT2D eigenvalue weighted by molar-refractivity contribution is 8.76. The van der Waals surface area contributed by atoms with Gasteiger partial charge in [0.15, 0.2) is 0 Å². The molecule has 9 amide bonds. The van der Waals surface area contributed by atoms with Gasteiger partial charge in [-0.15, -0.1) is 0 Å². The van der Waals surface area contributed by atoms with E-state index in [2.05, 4.69) is 42.5 Å². The number of aromatic hydroxyl groups is 2. The van der Waals surface area contributed by atoms with Gasteiger partial charge in [0.25, 0.3) is 0 Å². The number of carbonyl (C=O) groups is 10. The molecule has 12 N–H and O–H groups in total. The maximum absolute atomic E-state index is 14.4. The number of carboxylic acids is 1. The Kier molecular flexibility index (Phi) is 24.0. The van der Waals surface area contributed by atoms with Crippen molar-refractivity contribution in [2.75, 3.05) is 24.6 Å². The van der Waals surface area contributed by atoms with Crippen LogP contribution in [-0.4, -0.2) is 163 Å². The van der Waals surface area contributed by atoms with Crippen molar-refractivity contribution in [2.24, 2.45) is 11.8 Å². The summed E-state index contributed by atoms with van der Waals surface area (Å²) in [6.07, 6.45) is -1.48. The number of hydrogen-bond acceptors (Lipinski definition) is 15. The van der Waals surface area contributed by atoms with E-state index in [1.54, 1.807) is 13.8 Å². The lowest BCUT2D eigenvalue weighted by Crippen LogP contribution is -2.60. The van der Waals surface area contributed by atoms with Crippen LogP contribution >= 0.6 is 21.6 Å². The molecule has 0 spiro atoms. The van der Waals surface area contributed by atoms with Crippen LogP contribution in [0.3, 0.4) is 0 Å². The van der Waals surface area contributed by atoms with Gasteiger partial charge in [-0.25, -0.2) is 0 Å². The number of aliphatic hydroxyl groups excluding tert-OH is 1. The smallest absolute Gasteiger partial charge is 0.305 e. The molecule has 4 rings (SSSR count). The van der Waals surface area contributed by atoms with Crippen molar-refractivity contribution in [2.45, 2.75) is 141 Å². The highest BCUT2D eigenvalue weighted by Gasteiger charge is 2.40. The van der Waals surface area contributed by atoms with E-state index in [9.17, 15) is 68.4 Å². The zero-order valence-electron chi connectivity index (χ0n) is 42.9. The molecular weight excluding hydrogens is 1010 g/mol. The molecule has 0 radical (unpaired) electrons. The number of phenols is 2. The van der Waals surface area contributed by atoms with Gasteiger partial charge in [0.05, 0.1) is 19.1 Å². The number of phenolic OH excluding ortho intramolecular Hbond substituents is 2. The van der Waals surface area contributed by atoms with E-state index in [4.69, 9.17) is 0 Å². The monoisotopic (exact) mass is 1090 g/mol. The minimum Gasteiger partial charge on any atom is -0.508 e. The van der Waals surface area contributed by atoms with E-state index in [0.29, 0.717) is 24.0 Å².